The van der Waals surface area contributed by atoms with E-state index >= 15 is 0 Å². The van der Waals surface area contributed by atoms with E-state index in [0.717, 1.165) is 17.0 Å². The molecule has 2 saturated heterocycles. The molecule has 3 heterocycles. The number of sulfone groups is 1. The van der Waals surface area contributed by atoms with E-state index in [2.05, 4.69) is 4.90 Å². The Kier molecular flexibility index (Phi) is 6.14. The van der Waals surface area contributed by atoms with Crippen LogP contribution in [0.15, 0.2) is 60.8 Å². The van der Waals surface area contributed by atoms with Crippen LogP contribution in [0.4, 0.5) is 0 Å². The summed E-state index contributed by atoms with van der Waals surface area (Å²) in [7, 11) is -1.30. The second-order valence-electron chi connectivity index (χ2n) is 8.79. The fourth-order valence-corrected chi connectivity index (χ4v) is 6.49. The molecule has 2 aliphatic heterocycles. The molecule has 0 saturated carbocycles. The monoisotopic (exact) mass is 480 g/mol. The summed E-state index contributed by atoms with van der Waals surface area (Å²) in [5, 5.41) is 4.77. The molecule has 0 bridgehead atoms. The van der Waals surface area contributed by atoms with Gasteiger partial charge in [0.15, 0.2) is 9.84 Å². The second-order valence-corrected chi connectivity index (χ2v) is 11.0. The summed E-state index contributed by atoms with van der Waals surface area (Å²) in [6.07, 6.45) is 2.48. The number of ether oxygens (including phenoxy) is 1. The number of benzene rings is 2. The number of piperazine rings is 1. The molecule has 0 N–H and O–H groups in total. The van der Waals surface area contributed by atoms with Crippen molar-refractivity contribution in [2.24, 2.45) is 0 Å². The van der Waals surface area contributed by atoms with Gasteiger partial charge < -0.3 is 9.64 Å². The van der Waals surface area contributed by atoms with Gasteiger partial charge in [0.05, 0.1) is 29.9 Å². The molecule has 1 aromatic heterocycles. The highest BCUT2D eigenvalue weighted by Gasteiger charge is 2.35. The van der Waals surface area contributed by atoms with Gasteiger partial charge in [0.1, 0.15) is 11.4 Å². The van der Waals surface area contributed by atoms with Gasteiger partial charge in [0.25, 0.3) is 5.91 Å². The minimum absolute atomic E-state index is 0.0632. The predicted octanol–water partition coefficient (Wildman–Crippen LogP) is 2.49. The molecule has 2 fully saturated rings. The summed E-state index contributed by atoms with van der Waals surface area (Å²) in [6, 6.07) is 17.3. The number of carbonyl (C=O) groups excluding carboxylic acids is 1. The molecule has 0 radical (unpaired) electrons. The van der Waals surface area contributed by atoms with Gasteiger partial charge in [-0.1, -0.05) is 18.2 Å². The van der Waals surface area contributed by atoms with Crippen LogP contribution < -0.4 is 4.74 Å². The third-order valence-corrected chi connectivity index (χ3v) is 8.41. The first-order valence-corrected chi connectivity index (χ1v) is 13.3. The molecule has 0 spiro atoms. The van der Waals surface area contributed by atoms with Crippen molar-refractivity contribution in [3.8, 4) is 22.7 Å². The van der Waals surface area contributed by atoms with Crippen molar-refractivity contribution in [3.63, 3.8) is 0 Å². The van der Waals surface area contributed by atoms with E-state index < -0.39 is 9.84 Å². The van der Waals surface area contributed by atoms with Crippen molar-refractivity contribution in [2.45, 2.75) is 12.5 Å². The van der Waals surface area contributed by atoms with Gasteiger partial charge in [0.2, 0.25) is 0 Å². The van der Waals surface area contributed by atoms with Crippen molar-refractivity contribution in [2.75, 3.05) is 44.8 Å². The van der Waals surface area contributed by atoms with Crippen molar-refractivity contribution >= 4 is 15.7 Å². The summed E-state index contributed by atoms with van der Waals surface area (Å²) in [4.78, 5) is 17.7. The molecule has 34 heavy (non-hydrogen) atoms. The zero-order chi connectivity index (χ0) is 23.7. The SMILES string of the molecule is COc1ccc(-c2nn(-c3ccccc3)cc2C(=O)N2CCN([C@H]3CCS(=O)(=O)C3)CC2)cc1. The van der Waals surface area contributed by atoms with Gasteiger partial charge in [-0.2, -0.15) is 5.10 Å². The van der Waals surface area contributed by atoms with Crippen LogP contribution in [0.25, 0.3) is 16.9 Å². The lowest BCUT2D eigenvalue weighted by atomic mass is 10.1. The average Bonchev–Trinajstić information content (AvgIpc) is 3.48. The summed E-state index contributed by atoms with van der Waals surface area (Å²) >= 11 is 0. The first kappa shape index (κ1) is 22.6. The predicted molar refractivity (Wildman–Crippen MR) is 130 cm³/mol. The van der Waals surface area contributed by atoms with Crippen molar-refractivity contribution in [1.29, 1.82) is 0 Å². The zero-order valence-electron chi connectivity index (χ0n) is 19.1. The molecule has 0 unspecified atom stereocenters. The van der Waals surface area contributed by atoms with Gasteiger partial charge in [-0.05, 0) is 42.8 Å². The van der Waals surface area contributed by atoms with Crippen LogP contribution in [0.1, 0.15) is 16.8 Å². The lowest BCUT2D eigenvalue weighted by Gasteiger charge is -2.37. The van der Waals surface area contributed by atoms with E-state index in [-0.39, 0.29) is 23.5 Å². The number of hydrogen-bond acceptors (Lipinski definition) is 6. The number of carbonyl (C=O) groups is 1. The highest BCUT2D eigenvalue weighted by molar-refractivity contribution is 7.91. The number of aromatic nitrogens is 2. The van der Waals surface area contributed by atoms with Crippen LogP contribution >= 0.6 is 0 Å². The Bertz CT molecular complexity index is 1260. The highest BCUT2D eigenvalue weighted by atomic mass is 32.2. The van der Waals surface area contributed by atoms with Gasteiger partial charge in [-0.15, -0.1) is 0 Å². The van der Waals surface area contributed by atoms with E-state index in [1.807, 2.05) is 59.5 Å². The first-order valence-electron chi connectivity index (χ1n) is 11.5. The van der Waals surface area contributed by atoms with Gasteiger partial charge in [-0.25, -0.2) is 13.1 Å². The smallest absolute Gasteiger partial charge is 0.257 e. The Morgan fingerprint density at radius 3 is 2.32 bits per heavy atom. The van der Waals surface area contributed by atoms with E-state index in [1.165, 1.54) is 0 Å². The standard InChI is InChI=1S/C25H28N4O4S/c1-33-22-9-7-19(8-10-22)24-23(17-29(26-24)20-5-3-2-4-6-20)25(30)28-14-12-27(13-15-28)21-11-16-34(31,32)18-21/h2-10,17,21H,11-16,18H2,1H3/t21-/m0/s1. The summed E-state index contributed by atoms with van der Waals surface area (Å²) in [5.41, 5.74) is 2.89. The normalized spacial score (nSPS) is 20.4. The molecule has 3 aromatic rings. The van der Waals surface area contributed by atoms with Crippen LogP contribution in [-0.2, 0) is 9.84 Å². The maximum atomic E-state index is 13.6. The van der Waals surface area contributed by atoms with Crippen LogP contribution in [0.5, 0.6) is 5.75 Å². The number of methoxy groups -OCH3 is 1. The molecule has 0 aliphatic carbocycles. The van der Waals surface area contributed by atoms with E-state index in [4.69, 9.17) is 9.84 Å². The summed E-state index contributed by atoms with van der Waals surface area (Å²) in [6.45, 7) is 2.48. The Morgan fingerprint density at radius 1 is 1.00 bits per heavy atom. The Hall–Kier alpha value is -3.17. The number of amides is 1. The molecular formula is C25H28N4O4S. The Balaban J connectivity index is 1.39. The number of nitrogens with zero attached hydrogens (tertiary/aromatic N) is 4. The molecular weight excluding hydrogens is 452 g/mol. The maximum Gasteiger partial charge on any atom is 0.257 e. The lowest BCUT2D eigenvalue weighted by Crippen LogP contribution is -2.52. The van der Waals surface area contributed by atoms with E-state index in [9.17, 15) is 13.2 Å². The first-order chi connectivity index (χ1) is 16.4. The topological polar surface area (TPSA) is 84.7 Å². The fraction of sp³-hybridized carbons (Fsp3) is 0.360. The van der Waals surface area contributed by atoms with Gasteiger partial charge in [-0.3, -0.25) is 9.69 Å². The van der Waals surface area contributed by atoms with Crippen LogP contribution in [0.2, 0.25) is 0 Å². The lowest BCUT2D eigenvalue weighted by molar-refractivity contribution is 0.0588. The van der Waals surface area contributed by atoms with E-state index in [0.29, 0.717) is 43.9 Å². The Morgan fingerprint density at radius 2 is 1.71 bits per heavy atom. The summed E-state index contributed by atoms with van der Waals surface area (Å²) < 4.78 is 30.7. The van der Waals surface area contributed by atoms with Crippen LogP contribution in [0, 0.1) is 0 Å². The minimum atomic E-state index is -2.92. The van der Waals surface area contributed by atoms with Crippen molar-refractivity contribution in [1.82, 2.24) is 19.6 Å². The number of para-hydroxylation sites is 1. The van der Waals surface area contributed by atoms with Crippen LogP contribution in [0.3, 0.4) is 0 Å². The zero-order valence-corrected chi connectivity index (χ0v) is 19.9. The highest BCUT2D eigenvalue weighted by Crippen LogP contribution is 2.28. The molecule has 5 rings (SSSR count). The molecule has 2 aliphatic rings. The maximum absolute atomic E-state index is 13.6. The van der Waals surface area contributed by atoms with Crippen molar-refractivity contribution in [3.05, 3.63) is 66.4 Å². The van der Waals surface area contributed by atoms with Gasteiger partial charge in [0, 0.05) is 44.0 Å². The third kappa shape index (κ3) is 4.58. The van der Waals surface area contributed by atoms with Crippen LogP contribution in [-0.4, -0.2) is 84.7 Å². The molecule has 2 aromatic carbocycles. The summed E-state index contributed by atoms with van der Waals surface area (Å²) in [5.74, 6) is 1.17. The fourth-order valence-electron chi connectivity index (χ4n) is 4.73. The average molecular weight is 481 g/mol. The number of hydrogen-bond donors (Lipinski definition) is 0. The van der Waals surface area contributed by atoms with E-state index in [1.54, 1.807) is 18.0 Å². The Labute approximate surface area is 199 Å². The molecule has 178 valence electrons. The largest absolute Gasteiger partial charge is 0.497 e. The molecule has 1 atom stereocenters. The van der Waals surface area contributed by atoms with Gasteiger partial charge >= 0.3 is 0 Å². The third-order valence-electron chi connectivity index (χ3n) is 6.66. The van der Waals surface area contributed by atoms with Crippen molar-refractivity contribution < 1.29 is 17.9 Å². The molecule has 1 amide bonds. The second kappa shape index (κ2) is 9.23. The molecule has 8 nitrogen and oxygen atoms in total. The quantitative estimate of drug-likeness (QED) is 0.558. The number of rotatable bonds is 5. The minimum Gasteiger partial charge on any atom is -0.497 e. The molecule has 9 heteroatoms.